The van der Waals surface area contributed by atoms with E-state index in [4.69, 9.17) is 9.97 Å². The predicted octanol–water partition coefficient (Wildman–Crippen LogP) is 10.4. The lowest BCUT2D eigenvalue weighted by atomic mass is 9.89. The Balaban J connectivity index is 1.26. The number of imidazole rings is 1. The predicted molar refractivity (Wildman–Crippen MR) is 181 cm³/mol. The maximum atomic E-state index is 5.13. The summed E-state index contributed by atoms with van der Waals surface area (Å²) in [7, 11) is 0. The molecule has 0 fully saturated rings. The van der Waals surface area contributed by atoms with Gasteiger partial charge < -0.3 is 0 Å². The zero-order chi connectivity index (χ0) is 29.0. The van der Waals surface area contributed by atoms with Crippen LogP contribution in [0.2, 0.25) is 0 Å². The van der Waals surface area contributed by atoms with Gasteiger partial charge in [0, 0.05) is 34.1 Å². The van der Waals surface area contributed by atoms with Crippen LogP contribution in [0.4, 0.5) is 17.2 Å². The first-order chi connectivity index (χ1) is 21.8. The number of hydrogen-bond acceptors (Lipinski definition) is 3. The number of aromatic nitrogens is 3. The van der Waals surface area contributed by atoms with Crippen molar-refractivity contribution >= 4 is 39.0 Å². The molecule has 2 aromatic heterocycles. The van der Waals surface area contributed by atoms with Gasteiger partial charge in [0.25, 0.3) is 0 Å². The van der Waals surface area contributed by atoms with Crippen molar-refractivity contribution in [2.24, 2.45) is 0 Å². The molecule has 0 spiro atoms. The van der Waals surface area contributed by atoms with Crippen molar-refractivity contribution in [1.29, 1.82) is 0 Å². The second-order valence-electron chi connectivity index (χ2n) is 11.1. The number of rotatable bonds is 4. The summed E-state index contributed by atoms with van der Waals surface area (Å²) in [4.78, 5) is 12.4. The third-order valence-corrected chi connectivity index (χ3v) is 8.53. The minimum atomic E-state index is 0.906. The lowest BCUT2D eigenvalue weighted by molar-refractivity contribution is 1.10. The van der Waals surface area contributed by atoms with Gasteiger partial charge in [-0.3, -0.25) is 9.47 Å². The smallest absolute Gasteiger partial charge is 0.145 e. The summed E-state index contributed by atoms with van der Waals surface area (Å²) in [6.45, 7) is 0. The highest BCUT2D eigenvalue weighted by molar-refractivity contribution is 6.14. The SMILES string of the molecule is c1ccc(-c2cc3c4c(cccc4c2)N(c2cccc(-c4nc5ccccc5n4-c4ccccc4)c2)c2ncccc2-3)cc1. The van der Waals surface area contributed by atoms with Crippen molar-refractivity contribution < 1.29 is 0 Å². The quantitative estimate of drug-likeness (QED) is 0.214. The Bertz CT molecular complexity index is 2340. The molecule has 1 aliphatic heterocycles. The van der Waals surface area contributed by atoms with Crippen molar-refractivity contribution in [3.63, 3.8) is 0 Å². The Morgan fingerprint density at radius 3 is 2.14 bits per heavy atom. The summed E-state index contributed by atoms with van der Waals surface area (Å²) in [5.74, 6) is 1.83. The molecule has 206 valence electrons. The molecule has 9 rings (SSSR count). The molecule has 4 heteroatoms. The molecule has 0 saturated carbocycles. The average Bonchev–Trinajstić information content (AvgIpc) is 3.49. The summed E-state index contributed by atoms with van der Waals surface area (Å²) in [5, 5.41) is 2.44. The third-order valence-electron chi connectivity index (χ3n) is 8.53. The highest BCUT2D eigenvalue weighted by atomic mass is 15.2. The van der Waals surface area contributed by atoms with Gasteiger partial charge in [-0.1, -0.05) is 84.9 Å². The topological polar surface area (TPSA) is 34.0 Å². The van der Waals surface area contributed by atoms with E-state index in [0.29, 0.717) is 0 Å². The van der Waals surface area contributed by atoms with Gasteiger partial charge in [-0.05, 0) is 88.8 Å². The molecule has 0 aliphatic carbocycles. The Morgan fingerprint density at radius 2 is 1.25 bits per heavy atom. The van der Waals surface area contributed by atoms with Gasteiger partial charge in [0.1, 0.15) is 11.6 Å². The van der Waals surface area contributed by atoms with Crippen LogP contribution < -0.4 is 4.90 Å². The zero-order valence-electron chi connectivity index (χ0n) is 23.8. The summed E-state index contributed by atoms with van der Waals surface area (Å²) in [5.41, 5.74) is 11.1. The number of anilines is 3. The second kappa shape index (κ2) is 9.79. The Morgan fingerprint density at radius 1 is 0.500 bits per heavy atom. The summed E-state index contributed by atoms with van der Waals surface area (Å²) >= 11 is 0. The maximum absolute atomic E-state index is 5.13. The molecular weight excluding hydrogens is 536 g/mol. The van der Waals surface area contributed by atoms with Crippen LogP contribution in [0.5, 0.6) is 0 Å². The maximum Gasteiger partial charge on any atom is 0.145 e. The van der Waals surface area contributed by atoms with E-state index in [0.717, 1.165) is 50.9 Å². The number of para-hydroxylation sites is 3. The van der Waals surface area contributed by atoms with E-state index in [1.807, 2.05) is 24.4 Å². The van der Waals surface area contributed by atoms with E-state index >= 15 is 0 Å². The van der Waals surface area contributed by atoms with Crippen LogP contribution in [-0.2, 0) is 0 Å². The molecule has 8 aromatic rings. The molecule has 0 N–H and O–H groups in total. The molecule has 0 amide bonds. The van der Waals surface area contributed by atoms with Crippen LogP contribution in [-0.4, -0.2) is 14.5 Å². The van der Waals surface area contributed by atoms with Crippen molar-refractivity contribution in [1.82, 2.24) is 14.5 Å². The Kier molecular flexibility index (Phi) is 5.47. The fourth-order valence-corrected chi connectivity index (χ4v) is 6.61. The second-order valence-corrected chi connectivity index (χ2v) is 11.1. The lowest BCUT2D eigenvalue weighted by Crippen LogP contribution is -2.16. The van der Waals surface area contributed by atoms with Crippen molar-refractivity contribution in [2.45, 2.75) is 0 Å². The van der Waals surface area contributed by atoms with Crippen LogP contribution in [0, 0.1) is 0 Å². The fraction of sp³-hybridized carbons (Fsp3) is 0. The number of hydrogen-bond donors (Lipinski definition) is 0. The van der Waals surface area contributed by atoms with Crippen molar-refractivity contribution in [3.05, 3.63) is 158 Å². The average molecular weight is 563 g/mol. The zero-order valence-corrected chi connectivity index (χ0v) is 23.8. The highest BCUT2D eigenvalue weighted by Crippen LogP contribution is 2.51. The van der Waals surface area contributed by atoms with E-state index in [9.17, 15) is 0 Å². The molecular formula is C40H26N4. The van der Waals surface area contributed by atoms with Crippen LogP contribution in [0.25, 0.3) is 61.1 Å². The van der Waals surface area contributed by atoms with Crippen molar-refractivity contribution in [3.8, 4) is 39.3 Å². The lowest BCUT2D eigenvalue weighted by Gasteiger charge is -2.32. The highest BCUT2D eigenvalue weighted by Gasteiger charge is 2.28. The first-order valence-electron chi connectivity index (χ1n) is 14.8. The Labute approximate surface area is 255 Å². The molecule has 0 bridgehead atoms. The summed E-state index contributed by atoms with van der Waals surface area (Å²) in [6, 6.07) is 53.5. The number of pyridine rings is 1. The molecule has 0 radical (unpaired) electrons. The number of benzene rings is 6. The van der Waals surface area contributed by atoms with Gasteiger partial charge in [-0.25, -0.2) is 9.97 Å². The fourth-order valence-electron chi connectivity index (χ4n) is 6.61. The van der Waals surface area contributed by atoms with Crippen LogP contribution in [0.3, 0.4) is 0 Å². The first-order valence-corrected chi connectivity index (χ1v) is 14.8. The van der Waals surface area contributed by atoms with E-state index in [-0.39, 0.29) is 0 Å². The summed E-state index contributed by atoms with van der Waals surface area (Å²) in [6.07, 6.45) is 1.89. The van der Waals surface area contributed by atoms with Gasteiger partial charge >= 0.3 is 0 Å². The normalized spacial score (nSPS) is 12.0. The largest absolute Gasteiger partial charge is 0.294 e. The molecule has 4 nitrogen and oxygen atoms in total. The molecule has 0 saturated heterocycles. The van der Waals surface area contributed by atoms with Gasteiger partial charge in [-0.15, -0.1) is 0 Å². The third kappa shape index (κ3) is 3.78. The molecule has 3 heterocycles. The monoisotopic (exact) mass is 562 g/mol. The molecule has 1 aliphatic rings. The van der Waals surface area contributed by atoms with Crippen LogP contribution in [0.15, 0.2) is 158 Å². The van der Waals surface area contributed by atoms with E-state index in [2.05, 4.69) is 143 Å². The number of fused-ring (bicyclic) bond motifs is 3. The van der Waals surface area contributed by atoms with Gasteiger partial charge in [0.2, 0.25) is 0 Å². The van der Waals surface area contributed by atoms with Gasteiger partial charge in [-0.2, -0.15) is 0 Å². The van der Waals surface area contributed by atoms with E-state index in [1.165, 1.54) is 27.5 Å². The van der Waals surface area contributed by atoms with Crippen LogP contribution >= 0.6 is 0 Å². The molecule has 0 unspecified atom stereocenters. The summed E-state index contributed by atoms with van der Waals surface area (Å²) < 4.78 is 2.25. The van der Waals surface area contributed by atoms with Crippen LogP contribution in [0.1, 0.15) is 0 Å². The molecule has 0 atom stereocenters. The number of nitrogens with zero attached hydrogens (tertiary/aromatic N) is 4. The molecule has 44 heavy (non-hydrogen) atoms. The Hall–Kier alpha value is -6.00. The van der Waals surface area contributed by atoms with Gasteiger partial charge in [0.05, 0.1) is 16.7 Å². The first kappa shape index (κ1) is 24.6. The van der Waals surface area contributed by atoms with Gasteiger partial charge in [0.15, 0.2) is 0 Å². The van der Waals surface area contributed by atoms with Crippen molar-refractivity contribution in [2.75, 3.05) is 4.90 Å². The van der Waals surface area contributed by atoms with E-state index in [1.54, 1.807) is 0 Å². The minimum Gasteiger partial charge on any atom is -0.294 e. The standard InChI is InChI=1S/C40H26N4/c1-3-12-27(13-4-1)30-24-28-14-10-22-37-38(28)34(26-30)33-19-11-23-41-40(33)44(37)32-18-9-15-29(25-32)39-42-35-20-7-8-21-36(35)43(39)31-16-5-2-6-17-31/h1-26H. The van der Waals surface area contributed by atoms with E-state index < -0.39 is 0 Å². The molecule has 6 aromatic carbocycles. The minimum absolute atomic E-state index is 0.906.